The zero-order chi connectivity index (χ0) is 37.0. The van der Waals surface area contributed by atoms with Crippen LogP contribution in [0.2, 0.25) is 0 Å². The third-order valence-electron chi connectivity index (χ3n) is 10.2. The quantitative estimate of drug-likeness (QED) is 0.169. The van der Waals surface area contributed by atoms with E-state index in [0.29, 0.717) is 28.9 Å². The van der Waals surface area contributed by atoms with Gasteiger partial charge in [0.15, 0.2) is 23.3 Å². The van der Waals surface area contributed by atoms with Gasteiger partial charge < -0.3 is 4.42 Å². The Labute approximate surface area is 325 Å². The summed E-state index contributed by atoms with van der Waals surface area (Å²) >= 11 is 1.73. The molecule has 56 heavy (non-hydrogen) atoms. The highest BCUT2D eigenvalue weighted by molar-refractivity contribution is 7.26. The first kappa shape index (κ1) is 32.1. The Morgan fingerprint density at radius 1 is 0.375 bits per heavy atom. The normalized spacial score (nSPS) is 11.6. The van der Waals surface area contributed by atoms with Gasteiger partial charge in [-0.3, -0.25) is 0 Å². The molecule has 6 nitrogen and oxygen atoms in total. The maximum atomic E-state index is 6.76. The number of para-hydroxylation sites is 1. The van der Waals surface area contributed by atoms with Crippen LogP contribution in [0.1, 0.15) is 0 Å². The lowest BCUT2D eigenvalue weighted by atomic mass is 10.0. The second-order valence-corrected chi connectivity index (χ2v) is 14.7. The summed E-state index contributed by atoms with van der Waals surface area (Å²) in [5, 5.41) is 2.99. The van der Waals surface area contributed by atoms with Crippen LogP contribution in [-0.4, -0.2) is 24.9 Å². The van der Waals surface area contributed by atoms with Gasteiger partial charge in [0.2, 0.25) is 0 Å². The van der Waals surface area contributed by atoms with Crippen molar-refractivity contribution in [2.75, 3.05) is 0 Å². The molecular formula is C49H29N5OS. The first-order valence-electron chi connectivity index (χ1n) is 18.4. The summed E-state index contributed by atoms with van der Waals surface area (Å²) in [6.45, 7) is 0. The summed E-state index contributed by atoms with van der Waals surface area (Å²) in [7, 11) is 0. The molecule has 0 bridgehead atoms. The minimum absolute atomic E-state index is 0.529. The number of aromatic nitrogens is 5. The summed E-state index contributed by atoms with van der Waals surface area (Å²) < 4.78 is 9.01. The minimum atomic E-state index is 0.529. The Hall–Kier alpha value is -7.35. The number of rotatable bonds is 6. The van der Waals surface area contributed by atoms with E-state index in [1.807, 2.05) is 78.9 Å². The second kappa shape index (κ2) is 13.2. The van der Waals surface area contributed by atoms with Gasteiger partial charge in [0, 0.05) is 43.1 Å². The number of nitrogens with zero attached hydrogens (tertiary/aromatic N) is 5. The fraction of sp³-hybridized carbons (Fsp3) is 0. The molecule has 0 saturated carbocycles. The zero-order valence-electron chi connectivity index (χ0n) is 29.8. The third kappa shape index (κ3) is 5.44. The highest BCUT2D eigenvalue weighted by Crippen LogP contribution is 2.43. The molecule has 0 aliphatic rings. The average molecular weight is 736 g/mol. The second-order valence-electron chi connectivity index (χ2n) is 13.6. The van der Waals surface area contributed by atoms with Crippen molar-refractivity contribution in [2.24, 2.45) is 0 Å². The van der Waals surface area contributed by atoms with Crippen molar-refractivity contribution in [3.05, 3.63) is 176 Å². The number of fused-ring (bicyclic) bond motifs is 6. The van der Waals surface area contributed by atoms with Crippen molar-refractivity contribution in [1.82, 2.24) is 24.9 Å². The van der Waals surface area contributed by atoms with Crippen molar-refractivity contribution in [1.29, 1.82) is 0 Å². The standard InChI is InChI=1S/C49H29N5OS/c1-4-14-30(15-5-1)31-26-28-34(29-27-31)47-52-46(33-18-8-3-9-19-33)53-49(54-47)38-23-12-21-36-41-37(22-13-24-39(41)55-44(36)38)48-50-42(32-16-6-2-7-17-32)45-43(51-48)35-20-10-11-25-40(35)56-45/h1-29H. The van der Waals surface area contributed by atoms with Crippen molar-refractivity contribution in [3.63, 3.8) is 0 Å². The van der Waals surface area contributed by atoms with E-state index in [-0.39, 0.29) is 0 Å². The molecular weight excluding hydrogens is 707 g/mol. The first-order valence-corrected chi connectivity index (χ1v) is 19.2. The molecule has 0 aliphatic carbocycles. The van der Waals surface area contributed by atoms with Crippen LogP contribution in [0.4, 0.5) is 0 Å². The molecule has 0 spiro atoms. The van der Waals surface area contributed by atoms with Gasteiger partial charge in [-0.05, 0) is 29.3 Å². The van der Waals surface area contributed by atoms with Gasteiger partial charge in [-0.25, -0.2) is 24.9 Å². The van der Waals surface area contributed by atoms with E-state index in [9.17, 15) is 0 Å². The molecule has 11 aromatic rings. The molecule has 0 aliphatic heterocycles. The molecule has 11 rings (SSSR count). The summed E-state index contributed by atoms with van der Waals surface area (Å²) in [6.07, 6.45) is 0. The smallest absolute Gasteiger partial charge is 0.167 e. The molecule has 0 atom stereocenters. The number of benzene rings is 7. The number of hydrogen-bond donors (Lipinski definition) is 0. The molecule has 4 aromatic heterocycles. The van der Waals surface area contributed by atoms with Gasteiger partial charge in [0.05, 0.1) is 21.5 Å². The van der Waals surface area contributed by atoms with Crippen molar-refractivity contribution < 1.29 is 4.42 Å². The van der Waals surface area contributed by atoms with Crippen LogP contribution in [0.5, 0.6) is 0 Å². The van der Waals surface area contributed by atoms with Crippen LogP contribution in [0.3, 0.4) is 0 Å². The predicted molar refractivity (Wildman–Crippen MR) is 228 cm³/mol. The van der Waals surface area contributed by atoms with Crippen molar-refractivity contribution >= 4 is 53.6 Å². The van der Waals surface area contributed by atoms with E-state index < -0.39 is 0 Å². The summed E-state index contributed by atoms with van der Waals surface area (Å²) in [4.78, 5) is 25.7. The molecule has 7 heteroatoms. The van der Waals surface area contributed by atoms with Crippen molar-refractivity contribution in [3.8, 4) is 67.9 Å². The van der Waals surface area contributed by atoms with Crippen LogP contribution in [0.25, 0.3) is 110 Å². The first-order chi connectivity index (χ1) is 27.7. The van der Waals surface area contributed by atoms with Crippen LogP contribution in [-0.2, 0) is 0 Å². The molecule has 0 fully saturated rings. The fourth-order valence-corrected chi connectivity index (χ4v) is 8.65. The van der Waals surface area contributed by atoms with Gasteiger partial charge in [0.1, 0.15) is 11.2 Å². The summed E-state index contributed by atoms with van der Waals surface area (Å²) in [5.74, 6) is 2.34. The highest BCUT2D eigenvalue weighted by atomic mass is 32.1. The fourth-order valence-electron chi connectivity index (χ4n) is 7.50. The predicted octanol–water partition coefficient (Wildman–Crippen LogP) is 12.9. The molecule has 262 valence electrons. The van der Waals surface area contributed by atoms with E-state index >= 15 is 0 Å². The number of hydrogen-bond acceptors (Lipinski definition) is 7. The molecule has 0 N–H and O–H groups in total. The summed E-state index contributed by atoms with van der Waals surface area (Å²) in [6, 6.07) is 59.8. The Bertz CT molecular complexity index is 3230. The minimum Gasteiger partial charge on any atom is -0.455 e. The zero-order valence-corrected chi connectivity index (χ0v) is 30.6. The molecule has 7 aromatic carbocycles. The number of furan rings is 1. The van der Waals surface area contributed by atoms with Gasteiger partial charge in [-0.15, -0.1) is 11.3 Å². The highest BCUT2D eigenvalue weighted by Gasteiger charge is 2.22. The van der Waals surface area contributed by atoms with Crippen LogP contribution in [0.15, 0.2) is 180 Å². The largest absolute Gasteiger partial charge is 0.455 e. The Kier molecular flexibility index (Phi) is 7.57. The van der Waals surface area contributed by atoms with E-state index in [0.717, 1.165) is 76.6 Å². The Balaban J connectivity index is 1.10. The Morgan fingerprint density at radius 3 is 1.66 bits per heavy atom. The Morgan fingerprint density at radius 2 is 0.911 bits per heavy atom. The lowest BCUT2D eigenvalue weighted by molar-refractivity contribution is 0.669. The van der Waals surface area contributed by atoms with E-state index in [2.05, 4.69) is 97.1 Å². The van der Waals surface area contributed by atoms with Gasteiger partial charge in [-0.1, -0.05) is 158 Å². The van der Waals surface area contributed by atoms with Gasteiger partial charge in [-0.2, -0.15) is 0 Å². The lowest BCUT2D eigenvalue weighted by Gasteiger charge is -2.09. The van der Waals surface area contributed by atoms with Crippen LogP contribution in [0, 0.1) is 0 Å². The van der Waals surface area contributed by atoms with E-state index in [4.69, 9.17) is 29.3 Å². The maximum absolute atomic E-state index is 6.76. The maximum Gasteiger partial charge on any atom is 0.167 e. The van der Waals surface area contributed by atoms with Gasteiger partial charge in [0.25, 0.3) is 0 Å². The third-order valence-corrected chi connectivity index (χ3v) is 11.4. The molecule has 0 amide bonds. The molecule has 0 saturated heterocycles. The molecule has 4 heterocycles. The SMILES string of the molecule is c1ccc(-c2ccc(-c3nc(-c4ccccc4)nc(-c4cccc5c4oc4cccc(-c6nc(-c7ccccc7)c7sc8ccccc8c7n6)c45)n3)cc2)cc1. The molecule has 0 unspecified atom stereocenters. The summed E-state index contributed by atoms with van der Waals surface area (Å²) in [5.41, 5.74) is 10.1. The molecule has 0 radical (unpaired) electrons. The topological polar surface area (TPSA) is 77.6 Å². The van der Waals surface area contributed by atoms with Crippen LogP contribution < -0.4 is 0 Å². The van der Waals surface area contributed by atoms with Crippen molar-refractivity contribution in [2.45, 2.75) is 0 Å². The number of thiophene rings is 1. The van der Waals surface area contributed by atoms with E-state index in [1.165, 1.54) is 4.70 Å². The monoisotopic (exact) mass is 735 g/mol. The van der Waals surface area contributed by atoms with Crippen LogP contribution >= 0.6 is 11.3 Å². The van der Waals surface area contributed by atoms with Gasteiger partial charge >= 0.3 is 0 Å². The lowest BCUT2D eigenvalue weighted by Crippen LogP contribution is -2.00. The average Bonchev–Trinajstić information content (AvgIpc) is 3.86. The van der Waals surface area contributed by atoms with E-state index in [1.54, 1.807) is 11.3 Å².